The largest absolute Gasteiger partial charge is 0.306 e. The molecule has 2 heterocycles. The molecule has 0 bridgehead atoms. The van der Waals surface area contributed by atoms with Gasteiger partial charge in [0.2, 0.25) is 0 Å². The van der Waals surface area contributed by atoms with Crippen LogP contribution in [0.4, 0.5) is 0 Å². The summed E-state index contributed by atoms with van der Waals surface area (Å²) in [6.07, 6.45) is 0. The third-order valence-electron chi connectivity index (χ3n) is 2.37. The number of hydrogen-bond donors (Lipinski definition) is 1. The van der Waals surface area contributed by atoms with E-state index in [0.29, 0.717) is 9.39 Å². The third-order valence-corrected chi connectivity index (χ3v) is 4.05. The van der Waals surface area contributed by atoms with Crippen molar-refractivity contribution in [2.75, 3.05) is 0 Å². The van der Waals surface area contributed by atoms with E-state index in [2.05, 4.69) is 53.3 Å². The summed E-state index contributed by atoms with van der Waals surface area (Å²) in [6, 6.07) is 1.96. The number of nitrogens with one attached hydrogen (secondary N) is 1. The Labute approximate surface area is 117 Å². The molecule has 5 heteroatoms. The Morgan fingerprint density at radius 3 is 2.65 bits per heavy atom. The van der Waals surface area contributed by atoms with Gasteiger partial charge >= 0.3 is 0 Å². The Morgan fingerprint density at radius 1 is 1.41 bits per heavy atom. The molecule has 90 valence electrons. The molecule has 0 saturated carbocycles. The average molecular weight is 360 g/mol. The van der Waals surface area contributed by atoms with Crippen molar-refractivity contribution in [1.82, 2.24) is 9.97 Å². The highest BCUT2D eigenvalue weighted by Gasteiger charge is 2.22. The van der Waals surface area contributed by atoms with Crippen LogP contribution < -0.4 is 5.56 Å². The lowest BCUT2D eigenvalue weighted by Crippen LogP contribution is -2.24. The first-order chi connectivity index (χ1) is 7.89. The van der Waals surface area contributed by atoms with Gasteiger partial charge < -0.3 is 4.98 Å². The number of hydrogen-bond acceptors (Lipinski definition) is 3. The van der Waals surface area contributed by atoms with Crippen LogP contribution in [0.3, 0.4) is 0 Å². The molecule has 2 aromatic rings. The van der Waals surface area contributed by atoms with E-state index in [1.807, 2.05) is 16.8 Å². The summed E-state index contributed by atoms with van der Waals surface area (Å²) in [4.78, 5) is 19.3. The van der Waals surface area contributed by atoms with Crippen LogP contribution in [0.2, 0.25) is 0 Å². The summed E-state index contributed by atoms with van der Waals surface area (Å²) < 4.78 is 0.675. The Bertz CT molecular complexity index is 582. The number of aromatic nitrogens is 2. The molecule has 0 amide bonds. The van der Waals surface area contributed by atoms with Crippen molar-refractivity contribution in [3.63, 3.8) is 0 Å². The van der Waals surface area contributed by atoms with E-state index >= 15 is 0 Å². The van der Waals surface area contributed by atoms with E-state index in [4.69, 9.17) is 0 Å². The molecule has 0 saturated heterocycles. The predicted molar refractivity (Wildman–Crippen MR) is 79.6 cm³/mol. The van der Waals surface area contributed by atoms with Crippen LogP contribution in [0.15, 0.2) is 21.6 Å². The summed E-state index contributed by atoms with van der Waals surface area (Å²) >= 11 is 3.65. The highest BCUT2D eigenvalue weighted by molar-refractivity contribution is 14.1. The number of halogens is 1. The van der Waals surface area contributed by atoms with Crippen molar-refractivity contribution in [2.45, 2.75) is 26.2 Å². The predicted octanol–water partition coefficient (Wildman–Crippen LogP) is 3.40. The van der Waals surface area contributed by atoms with Gasteiger partial charge in [-0.15, -0.1) is 0 Å². The minimum Gasteiger partial charge on any atom is -0.306 e. The molecule has 0 fully saturated rings. The maximum atomic E-state index is 11.9. The van der Waals surface area contributed by atoms with Gasteiger partial charge in [0.05, 0.1) is 5.69 Å². The zero-order valence-electron chi connectivity index (χ0n) is 9.87. The second-order valence-electron chi connectivity index (χ2n) is 4.84. The maximum Gasteiger partial charge on any atom is 0.264 e. The van der Waals surface area contributed by atoms with Gasteiger partial charge in [0.1, 0.15) is 9.39 Å². The first kappa shape index (κ1) is 12.8. The van der Waals surface area contributed by atoms with Crippen LogP contribution in [0, 0.1) is 3.57 Å². The highest BCUT2D eigenvalue weighted by Crippen LogP contribution is 2.25. The molecule has 1 N–H and O–H groups in total. The zero-order chi connectivity index (χ0) is 12.6. The molecular formula is C12H13IN2OS. The van der Waals surface area contributed by atoms with Gasteiger partial charge in [-0.25, -0.2) is 4.98 Å². The first-order valence-electron chi connectivity index (χ1n) is 5.22. The lowest BCUT2D eigenvalue weighted by Gasteiger charge is -2.19. The van der Waals surface area contributed by atoms with Crippen LogP contribution >= 0.6 is 33.9 Å². The van der Waals surface area contributed by atoms with E-state index in [9.17, 15) is 4.79 Å². The van der Waals surface area contributed by atoms with E-state index in [1.54, 1.807) is 11.3 Å². The SMILES string of the molecule is CC(C)(C)c1nc(-c2ccsc2)[nH]c(=O)c1I. The lowest BCUT2D eigenvalue weighted by atomic mass is 9.92. The van der Waals surface area contributed by atoms with Crippen LogP contribution in [0.1, 0.15) is 26.5 Å². The average Bonchev–Trinajstić information content (AvgIpc) is 2.73. The molecule has 0 atom stereocenters. The fourth-order valence-corrected chi connectivity index (χ4v) is 3.20. The Hall–Kier alpha value is -0.690. The normalized spacial score (nSPS) is 11.8. The number of H-pyrrole nitrogens is 1. The quantitative estimate of drug-likeness (QED) is 0.793. The van der Waals surface area contributed by atoms with Gasteiger partial charge in [-0.1, -0.05) is 20.8 Å². The number of rotatable bonds is 1. The molecule has 0 aliphatic rings. The van der Waals surface area contributed by atoms with Crippen LogP contribution in [-0.2, 0) is 5.41 Å². The Morgan fingerprint density at radius 2 is 2.12 bits per heavy atom. The molecule has 2 rings (SSSR count). The Balaban J connectivity index is 2.67. The molecule has 17 heavy (non-hydrogen) atoms. The molecule has 0 unspecified atom stereocenters. The molecule has 0 aliphatic heterocycles. The monoisotopic (exact) mass is 360 g/mol. The van der Waals surface area contributed by atoms with Crippen molar-refractivity contribution < 1.29 is 0 Å². The third kappa shape index (κ3) is 2.60. The first-order valence-corrected chi connectivity index (χ1v) is 7.24. The standard InChI is InChI=1S/C12H13IN2OS/c1-12(2,3)9-8(13)11(16)15-10(14-9)7-4-5-17-6-7/h4-6H,1-3H3,(H,14,15,16). The number of thiophene rings is 1. The van der Waals surface area contributed by atoms with E-state index in [0.717, 1.165) is 11.3 Å². The second-order valence-corrected chi connectivity index (χ2v) is 6.70. The topological polar surface area (TPSA) is 45.8 Å². The van der Waals surface area contributed by atoms with Gasteiger partial charge in [0.15, 0.2) is 0 Å². The fourth-order valence-electron chi connectivity index (χ4n) is 1.49. The van der Waals surface area contributed by atoms with E-state index in [-0.39, 0.29) is 11.0 Å². The molecule has 3 nitrogen and oxygen atoms in total. The van der Waals surface area contributed by atoms with Crippen LogP contribution in [0.25, 0.3) is 11.4 Å². The van der Waals surface area contributed by atoms with E-state index < -0.39 is 0 Å². The van der Waals surface area contributed by atoms with Gasteiger partial charge in [-0.05, 0) is 34.0 Å². The molecule has 0 spiro atoms. The molecule has 2 aromatic heterocycles. The second kappa shape index (κ2) is 4.53. The number of aromatic amines is 1. The van der Waals surface area contributed by atoms with Gasteiger partial charge in [0.25, 0.3) is 5.56 Å². The van der Waals surface area contributed by atoms with Crippen molar-refractivity contribution in [1.29, 1.82) is 0 Å². The summed E-state index contributed by atoms with van der Waals surface area (Å²) in [5.41, 5.74) is 1.62. The van der Waals surface area contributed by atoms with Crippen molar-refractivity contribution in [3.8, 4) is 11.4 Å². The van der Waals surface area contributed by atoms with E-state index in [1.165, 1.54) is 0 Å². The molecule has 0 aliphatic carbocycles. The number of nitrogens with zero attached hydrogens (tertiary/aromatic N) is 1. The van der Waals surface area contributed by atoms with Crippen LogP contribution in [-0.4, -0.2) is 9.97 Å². The highest BCUT2D eigenvalue weighted by atomic mass is 127. The Kier molecular flexibility index (Phi) is 3.40. The van der Waals surface area contributed by atoms with Gasteiger partial charge in [-0.2, -0.15) is 11.3 Å². The minimum atomic E-state index is -0.129. The fraction of sp³-hybridized carbons (Fsp3) is 0.333. The maximum absolute atomic E-state index is 11.9. The molecule has 0 radical (unpaired) electrons. The van der Waals surface area contributed by atoms with Gasteiger partial charge in [0, 0.05) is 16.4 Å². The van der Waals surface area contributed by atoms with Crippen molar-refractivity contribution in [2.24, 2.45) is 0 Å². The lowest BCUT2D eigenvalue weighted by molar-refractivity contribution is 0.562. The summed E-state index contributed by atoms with van der Waals surface area (Å²) in [6.45, 7) is 6.19. The molecular weight excluding hydrogens is 347 g/mol. The van der Waals surface area contributed by atoms with Crippen molar-refractivity contribution in [3.05, 3.63) is 36.4 Å². The molecule has 0 aromatic carbocycles. The summed E-state index contributed by atoms with van der Waals surface area (Å²) in [5, 5.41) is 3.96. The van der Waals surface area contributed by atoms with Crippen LogP contribution in [0.5, 0.6) is 0 Å². The minimum absolute atomic E-state index is 0.0632. The summed E-state index contributed by atoms with van der Waals surface area (Å²) in [5.74, 6) is 0.654. The van der Waals surface area contributed by atoms with Gasteiger partial charge in [-0.3, -0.25) is 4.79 Å². The smallest absolute Gasteiger partial charge is 0.264 e. The summed E-state index contributed by atoms with van der Waals surface area (Å²) in [7, 11) is 0. The van der Waals surface area contributed by atoms with Crippen molar-refractivity contribution >= 4 is 33.9 Å². The zero-order valence-corrected chi connectivity index (χ0v) is 12.8.